The van der Waals surface area contributed by atoms with Gasteiger partial charge in [-0.15, -0.1) is 0 Å². The van der Waals surface area contributed by atoms with E-state index in [0.717, 1.165) is 0 Å². The minimum Gasteiger partial charge on any atom is -0.496 e. The highest BCUT2D eigenvalue weighted by Crippen LogP contribution is 2.32. The number of nitrogens with one attached hydrogen (secondary N) is 1. The molecule has 0 aliphatic carbocycles. The predicted octanol–water partition coefficient (Wildman–Crippen LogP) is 4.12. The Morgan fingerprint density at radius 2 is 1.57 bits per heavy atom. The molecular formula is C21H17F4N5O5. The van der Waals surface area contributed by atoms with Crippen molar-refractivity contribution < 1.29 is 42.0 Å². The standard InChI is InChI=1S/C19H16FN5O3.C2HF3O2/c1-9-10-7-15(28-3)11(20)8-13(10)23-18(21-9)25-19-22-12-5-4-6-14(27-2)16(12)17(26)24-19;3-2(4,5)1(6)7/h4-8H,1-3H3,(H2,21,22,23,24,25,26);(H,6,7). The van der Waals surface area contributed by atoms with E-state index in [0.29, 0.717) is 33.2 Å². The summed E-state index contributed by atoms with van der Waals surface area (Å²) >= 11 is 0. The molecule has 4 rings (SSSR count). The first kappa shape index (κ1) is 25.1. The lowest BCUT2D eigenvalue weighted by Gasteiger charge is -2.10. The number of hydrogen-bond acceptors (Lipinski definition) is 9. The number of halogens is 4. The Morgan fingerprint density at radius 1 is 0.971 bits per heavy atom. The largest absolute Gasteiger partial charge is 0.496 e. The SMILES string of the molecule is COc1cc2c(C)nc(Nc3nc(O)c4c(OC)cccc4n3)nc2cc1F.O=C(O)C(F)(F)F. The van der Waals surface area contributed by atoms with Gasteiger partial charge < -0.3 is 19.7 Å². The lowest BCUT2D eigenvalue weighted by molar-refractivity contribution is -0.192. The van der Waals surface area contributed by atoms with E-state index in [1.807, 2.05) is 0 Å². The summed E-state index contributed by atoms with van der Waals surface area (Å²) in [7, 11) is 2.90. The van der Waals surface area contributed by atoms with Crippen LogP contribution in [-0.4, -0.2) is 56.5 Å². The van der Waals surface area contributed by atoms with Gasteiger partial charge in [-0.25, -0.2) is 24.1 Å². The summed E-state index contributed by atoms with van der Waals surface area (Å²) in [5.41, 5.74) is 1.51. The van der Waals surface area contributed by atoms with Crippen molar-refractivity contribution in [3.8, 4) is 17.4 Å². The number of aromatic hydroxyl groups is 1. The number of carbonyl (C=O) groups is 1. The first-order valence-corrected chi connectivity index (χ1v) is 9.57. The minimum atomic E-state index is -5.08. The molecule has 0 unspecified atom stereocenters. The van der Waals surface area contributed by atoms with Crippen molar-refractivity contribution >= 4 is 39.7 Å². The summed E-state index contributed by atoms with van der Waals surface area (Å²) in [4.78, 5) is 26.0. The molecule has 35 heavy (non-hydrogen) atoms. The molecule has 14 heteroatoms. The van der Waals surface area contributed by atoms with E-state index in [-0.39, 0.29) is 23.5 Å². The molecule has 0 saturated heterocycles. The zero-order chi connectivity index (χ0) is 25.9. The lowest BCUT2D eigenvalue weighted by atomic mass is 10.2. The van der Waals surface area contributed by atoms with Gasteiger partial charge in [-0.1, -0.05) is 6.07 Å². The zero-order valence-corrected chi connectivity index (χ0v) is 18.3. The molecule has 0 saturated carbocycles. The number of benzene rings is 2. The monoisotopic (exact) mass is 495 g/mol. The van der Waals surface area contributed by atoms with Gasteiger partial charge in [-0.3, -0.25) is 5.32 Å². The molecule has 2 aromatic carbocycles. The Hall–Kier alpha value is -4.49. The third kappa shape index (κ3) is 5.54. The van der Waals surface area contributed by atoms with E-state index in [9.17, 15) is 22.7 Å². The Balaban J connectivity index is 0.000000429. The fourth-order valence-electron chi connectivity index (χ4n) is 2.95. The van der Waals surface area contributed by atoms with Gasteiger partial charge in [-0.2, -0.15) is 18.2 Å². The summed E-state index contributed by atoms with van der Waals surface area (Å²) in [6, 6.07) is 8.01. The first-order valence-electron chi connectivity index (χ1n) is 9.57. The zero-order valence-electron chi connectivity index (χ0n) is 18.3. The number of carboxylic acid groups (broad SMARTS) is 1. The molecule has 2 aromatic heterocycles. The van der Waals surface area contributed by atoms with Crippen LogP contribution in [-0.2, 0) is 4.79 Å². The number of ether oxygens (including phenoxy) is 2. The van der Waals surface area contributed by atoms with Crippen molar-refractivity contribution in [1.29, 1.82) is 0 Å². The Bertz CT molecular complexity index is 1420. The molecule has 0 spiro atoms. The predicted molar refractivity (Wildman–Crippen MR) is 116 cm³/mol. The number of aryl methyl sites for hydroxylation is 1. The number of hydrogen-bond donors (Lipinski definition) is 3. The molecule has 10 nitrogen and oxygen atoms in total. The molecular weight excluding hydrogens is 478 g/mol. The van der Waals surface area contributed by atoms with Crippen molar-refractivity contribution in [1.82, 2.24) is 19.9 Å². The molecule has 0 aliphatic rings. The van der Waals surface area contributed by atoms with E-state index in [1.54, 1.807) is 31.2 Å². The molecule has 0 fully saturated rings. The van der Waals surface area contributed by atoms with Crippen LogP contribution in [0.3, 0.4) is 0 Å². The number of anilines is 2. The van der Waals surface area contributed by atoms with E-state index in [4.69, 9.17) is 19.4 Å². The van der Waals surface area contributed by atoms with E-state index < -0.39 is 18.0 Å². The summed E-state index contributed by atoms with van der Waals surface area (Å²) < 4.78 is 56.0. The Kier molecular flexibility index (Phi) is 7.03. The van der Waals surface area contributed by atoms with Gasteiger partial charge in [0.25, 0.3) is 0 Å². The highest BCUT2D eigenvalue weighted by Gasteiger charge is 2.38. The van der Waals surface area contributed by atoms with Gasteiger partial charge in [0, 0.05) is 11.5 Å². The Morgan fingerprint density at radius 3 is 2.17 bits per heavy atom. The molecule has 3 N–H and O–H groups in total. The van der Waals surface area contributed by atoms with Gasteiger partial charge in [-0.05, 0) is 25.1 Å². The third-order valence-corrected chi connectivity index (χ3v) is 4.51. The van der Waals surface area contributed by atoms with Crippen LogP contribution in [0.25, 0.3) is 21.8 Å². The highest BCUT2D eigenvalue weighted by molar-refractivity contribution is 5.90. The van der Waals surface area contributed by atoms with E-state index in [2.05, 4.69) is 25.3 Å². The molecule has 184 valence electrons. The molecule has 0 aliphatic heterocycles. The molecule has 2 heterocycles. The van der Waals surface area contributed by atoms with Gasteiger partial charge in [0.1, 0.15) is 11.1 Å². The lowest BCUT2D eigenvalue weighted by Crippen LogP contribution is -2.21. The van der Waals surface area contributed by atoms with Gasteiger partial charge in [0.15, 0.2) is 11.6 Å². The quantitative estimate of drug-likeness (QED) is 0.354. The van der Waals surface area contributed by atoms with Crippen LogP contribution in [0, 0.1) is 12.7 Å². The molecule has 0 amide bonds. The van der Waals surface area contributed by atoms with Gasteiger partial charge in [0.2, 0.25) is 17.8 Å². The topological polar surface area (TPSA) is 140 Å². The smallest absolute Gasteiger partial charge is 0.490 e. The number of alkyl halides is 3. The Labute approximate surface area is 194 Å². The van der Waals surface area contributed by atoms with Crippen molar-refractivity contribution in [2.24, 2.45) is 0 Å². The average molecular weight is 495 g/mol. The number of methoxy groups -OCH3 is 2. The fraction of sp³-hybridized carbons (Fsp3) is 0.190. The number of aliphatic carboxylic acids is 1. The fourth-order valence-corrected chi connectivity index (χ4v) is 2.95. The van der Waals surface area contributed by atoms with Crippen LogP contribution >= 0.6 is 0 Å². The summed E-state index contributed by atoms with van der Waals surface area (Å²) in [6.07, 6.45) is -5.08. The first-order chi connectivity index (χ1) is 16.4. The number of aromatic nitrogens is 4. The van der Waals surface area contributed by atoms with Crippen LogP contribution in [0.5, 0.6) is 17.4 Å². The maximum atomic E-state index is 14.0. The van der Waals surface area contributed by atoms with Crippen molar-refractivity contribution in [3.63, 3.8) is 0 Å². The maximum absolute atomic E-state index is 14.0. The van der Waals surface area contributed by atoms with Crippen molar-refractivity contribution in [2.75, 3.05) is 19.5 Å². The van der Waals surface area contributed by atoms with Crippen molar-refractivity contribution in [3.05, 3.63) is 41.8 Å². The summed E-state index contributed by atoms with van der Waals surface area (Å²) in [5, 5.41) is 21.3. The number of fused-ring (bicyclic) bond motifs is 2. The second-order valence-corrected chi connectivity index (χ2v) is 6.79. The average Bonchev–Trinajstić information content (AvgIpc) is 2.78. The normalized spacial score (nSPS) is 11.1. The summed E-state index contributed by atoms with van der Waals surface area (Å²) in [6.45, 7) is 1.77. The second-order valence-electron chi connectivity index (χ2n) is 6.79. The molecule has 0 radical (unpaired) electrons. The van der Waals surface area contributed by atoms with E-state index in [1.165, 1.54) is 20.3 Å². The second kappa shape index (κ2) is 9.79. The molecule has 4 aromatic rings. The molecule has 0 atom stereocenters. The third-order valence-electron chi connectivity index (χ3n) is 4.51. The van der Waals surface area contributed by atoms with E-state index >= 15 is 0 Å². The van der Waals surface area contributed by atoms with Crippen LogP contribution in [0.1, 0.15) is 5.69 Å². The van der Waals surface area contributed by atoms with Gasteiger partial charge >= 0.3 is 12.1 Å². The van der Waals surface area contributed by atoms with Crippen molar-refractivity contribution in [2.45, 2.75) is 13.1 Å². The number of rotatable bonds is 4. The van der Waals surface area contributed by atoms with Gasteiger partial charge in [0.05, 0.1) is 30.9 Å². The number of nitrogens with zero attached hydrogens (tertiary/aromatic N) is 4. The van der Waals surface area contributed by atoms with Crippen LogP contribution in [0.4, 0.5) is 29.5 Å². The maximum Gasteiger partial charge on any atom is 0.490 e. The van der Waals surface area contributed by atoms with Crippen LogP contribution in [0.15, 0.2) is 30.3 Å². The van der Waals surface area contributed by atoms with Crippen LogP contribution in [0.2, 0.25) is 0 Å². The highest BCUT2D eigenvalue weighted by atomic mass is 19.4. The summed E-state index contributed by atoms with van der Waals surface area (Å²) in [5.74, 6) is -2.65. The number of carboxylic acids is 1. The molecule has 0 bridgehead atoms. The van der Waals surface area contributed by atoms with Crippen LogP contribution < -0.4 is 14.8 Å². The minimum absolute atomic E-state index is 0.103.